The summed E-state index contributed by atoms with van der Waals surface area (Å²) >= 11 is 0. The standard InChI is InChI=1S/C16H17N5O2S/c1-13(14-6-3-2-4-7-14)11-24(22,23)18-15-8-5-9-16(10-15)21-12-17-19-20-21/h2-10,12-13,18H,11H2,1H3/t13-/m0/s1. The maximum atomic E-state index is 12.4. The van der Waals surface area contributed by atoms with Crippen molar-refractivity contribution in [2.45, 2.75) is 12.8 Å². The average molecular weight is 343 g/mol. The number of hydrogen-bond acceptors (Lipinski definition) is 5. The van der Waals surface area contributed by atoms with E-state index in [1.165, 1.54) is 11.0 Å². The zero-order chi connectivity index (χ0) is 17.0. The van der Waals surface area contributed by atoms with Crippen LogP contribution in [0, 0.1) is 0 Å². The lowest BCUT2D eigenvalue weighted by atomic mass is 10.0. The van der Waals surface area contributed by atoms with Crippen molar-refractivity contribution in [3.63, 3.8) is 0 Å². The molecule has 0 aliphatic rings. The first-order valence-electron chi connectivity index (χ1n) is 7.42. The zero-order valence-electron chi connectivity index (χ0n) is 13.1. The van der Waals surface area contributed by atoms with E-state index in [4.69, 9.17) is 0 Å². The van der Waals surface area contributed by atoms with Crippen molar-refractivity contribution in [2.24, 2.45) is 0 Å². The van der Waals surface area contributed by atoms with Crippen LogP contribution in [-0.4, -0.2) is 34.4 Å². The fraction of sp³-hybridized carbons (Fsp3) is 0.188. The highest BCUT2D eigenvalue weighted by Crippen LogP contribution is 2.20. The Kier molecular flexibility index (Phi) is 4.57. The zero-order valence-corrected chi connectivity index (χ0v) is 13.9. The third-order valence-corrected chi connectivity index (χ3v) is 5.06. The number of aromatic nitrogens is 4. The second-order valence-corrected chi connectivity index (χ2v) is 7.27. The summed E-state index contributed by atoms with van der Waals surface area (Å²) in [6.07, 6.45) is 1.45. The van der Waals surface area contributed by atoms with Crippen LogP contribution in [0.25, 0.3) is 5.69 Å². The van der Waals surface area contributed by atoms with Gasteiger partial charge in [-0.05, 0) is 40.1 Å². The summed E-state index contributed by atoms with van der Waals surface area (Å²) in [6, 6.07) is 16.5. The monoisotopic (exact) mass is 343 g/mol. The molecule has 1 atom stereocenters. The maximum absolute atomic E-state index is 12.4. The molecule has 2 aromatic carbocycles. The Morgan fingerprint density at radius 3 is 2.62 bits per heavy atom. The van der Waals surface area contributed by atoms with Crippen LogP contribution in [0.5, 0.6) is 0 Å². The Hall–Kier alpha value is -2.74. The number of hydrogen-bond donors (Lipinski definition) is 1. The molecule has 0 amide bonds. The van der Waals surface area contributed by atoms with Gasteiger partial charge in [0.15, 0.2) is 0 Å². The Bertz CT molecular complexity index is 895. The predicted molar refractivity (Wildman–Crippen MR) is 91.4 cm³/mol. The predicted octanol–water partition coefficient (Wildman–Crippen LogP) is 2.21. The number of nitrogens with zero attached hydrogens (tertiary/aromatic N) is 4. The lowest BCUT2D eigenvalue weighted by molar-refractivity contribution is 0.595. The van der Waals surface area contributed by atoms with Gasteiger partial charge in [0.1, 0.15) is 6.33 Å². The Labute approximate surface area is 140 Å². The van der Waals surface area contributed by atoms with Crippen molar-refractivity contribution < 1.29 is 8.42 Å². The average Bonchev–Trinajstić information content (AvgIpc) is 3.09. The molecule has 0 bridgehead atoms. The van der Waals surface area contributed by atoms with E-state index in [2.05, 4.69) is 20.2 Å². The first kappa shape index (κ1) is 16.1. The van der Waals surface area contributed by atoms with E-state index in [-0.39, 0.29) is 11.7 Å². The molecule has 1 aromatic heterocycles. The largest absolute Gasteiger partial charge is 0.283 e. The summed E-state index contributed by atoms with van der Waals surface area (Å²) in [6.45, 7) is 1.89. The van der Waals surface area contributed by atoms with Gasteiger partial charge in [-0.25, -0.2) is 13.1 Å². The molecule has 7 nitrogen and oxygen atoms in total. The molecule has 1 heterocycles. The normalized spacial score (nSPS) is 12.7. The number of nitrogens with one attached hydrogen (secondary N) is 1. The van der Waals surface area contributed by atoms with E-state index in [0.717, 1.165) is 5.56 Å². The number of benzene rings is 2. The summed E-state index contributed by atoms with van der Waals surface area (Å²) in [4.78, 5) is 0. The minimum atomic E-state index is -3.48. The summed E-state index contributed by atoms with van der Waals surface area (Å²) in [7, 11) is -3.48. The van der Waals surface area contributed by atoms with Gasteiger partial charge in [-0.1, -0.05) is 43.3 Å². The van der Waals surface area contributed by atoms with Gasteiger partial charge in [0.25, 0.3) is 0 Å². The molecule has 0 saturated carbocycles. The highest BCUT2D eigenvalue weighted by Gasteiger charge is 2.17. The molecule has 0 radical (unpaired) electrons. The molecular formula is C16H17N5O2S. The third-order valence-electron chi connectivity index (χ3n) is 3.57. The third kappa shape index (κ3) is 3.96. The van der Waals surface area contributed by atoms with Crippen LogP contribution in [-0.2, 0) is 10.0 Å². The molecule has 0 spiro atoms. The van der Waals surface area contributed by atoms with E-state index < -0.39 is 10.0 Å². The minimum absolute atomic E-state index is 0.00607. The minimum Gasteiger partial charge on any atom is -0.283 e. The fourth-order valence-corrected chi connectivity index (χ4v) is 3.84. The molecule has 3 aromatic rings. The van der Waals surface area contributed by atoms with E-state index in [1.54, 1.807) is 24.3 Å². The molecule has 3 rings (SSSR count). The molecule has 0 fully saturated rings. The molecular weight excluding hydrogens is 326 g/mol. The van der Waals surface area contributed by atoms with Crippen molar-refractivity contribution in [1.82, 2.24) is 20.2 Å². The SMILES string of the molecule is C[C@@H](CS(=O)(=O)Nc1cccc(-n2cnnn2)c1)c1ccccc1. The first-order chi connectivity index (χ1) is 11.5. The summed E-state index contributed by atoms with van der Waals surface area (Å²) in [5, 5.41) is 10.9. The summed E-state index contributed by atoms with van der Waals surface area (Å²) < 4.78 is 28.9. The van der Waals surface area contributed by atoms with E-state index in [9.17, 15) is 8.42 Å². The van der Waals surface area contributed by atoms with E-state index >= 15 is 0 Å². The maximum Gasteiger partial charge on any atom is 0.233 e. The van der Waals surface area contributed by atoms with Gasteiger partial charge >= 0.3 is 0 Å². The first-order valence-corrected chi connectivity index (χ1v) is 9.07. The highest BCUT2D eigenvalue weighted by atomic mass is 32.2. The van der Waals surface area contributed by atoms with Gasteiger partial charge in [-0.15, -0.1) is 5.10 Å². The molecule has 0 aliphatic heterocycles. The van der Waals surface area contributed by atoms with Crippen molar-refractivity contribution in [2.75, 3.05) is 10.5 Å². The second kappa shape index (κ2) is 6.79. The van der Waals surface area contributed by atoms with Gasteiger partial charge in [0.2, 0.25) is 10.0 Å². The van der Waals surface area contributed by atoms with Crippen molar-refractivity contribution >= 4 is 15.7 Å². The van der Waals surface area contributed by atoms with Crippen molar-refractivity contribution in [3.8, 4) is 5.69 Å². The Balaban J connectivity index is 1.74. The molecule has 0 saturated heterocycles. The number of sulfonamides is 1. The Morgan fingerprint density at radius 1 is 1.12 bits per heavy atom. The molecule has 0 aliphatic carbocycles. The number of anilines is 1. The molecule has 124 valence electrons. The topological polar surface area (TPSA) is 89.8 Å². The quantitative estimate of drug-likeness (QED) is 0.741. The van der Waals surface area contributed by atoms with E-state index in [0.29, 0.717) is 11.4 Å². The van der Waals surface area contributed by atoms with Gasteiger partial charge in [-0.2, -0.15) is 0 Å². The van der Waals surface area contributed by atoms with Crippen LogP contribution in [0.15, 0.2) is 60.9 Å². The van der Waals surface area contributed by atoms with Gasteiger partial charge in [0.05, 0.1) is 17.1 Å². The van der Waals surface area contributed by atoms with Gasteiger partial charge < -0.3 is 0 Å². The molecule has 1 N–H and O–H groups in total. The van der Waals surface area contributed by atoms with Gasteiger partial charge in [0, 0.05) is 0 Å². The van der Waals surface area contributed by atoms with Crippen molar-refractivity contribution in [3.05, 3.63) is 66.5 Å². The summed E-state index contributed by atoms with van der Waals surface area (Å²) in [5.74, 6) is -0.0991. The Morgan fingerprint density at radius 2 is 1.92 bits per heavy atom. The fourth-order valence-electron chi connectivity index (χ4n) is 2.42. The lowest BCUT2D eigenvalue weighted by Crippen LogP contribution is -2.20. The number of rotatable bonds is 6. The van der Waals surface area contributed by atoms with Crippen LogP contribution >= 0.6 is 0 Å². The van der Waals surface area contributed by atoms with Crippen LogP contribution in [0.1, 0.15) is 18.4 Å². The summed E-state index contributed by atoms with van der Waals surface area (Å²) in [5.41, 5.74) is 2.14. The van der Waals surface area contributed by atoms with Crippen LogP contribution < -0.4 is 4.72 Å². The molecule has 8 heteroatoms. The van der Waals surface area contributed by atoms with Crippen LogP contribution in [0.4, 0.5) is 5.69 Å². The second-order valence-electron chi connectivity index (χ2n) is 5.50. The van der Waals surface area contributed by atoms with Crippen LogP contribution in [0.3, 0.4) is 0 Å². The van der Waals surface area contributed by atoms with Crippen molar-refractivity contribution in [1.29, 1.82) is 0 Å². The molecule has 0 unspecified atom stereocenters. The molecule has 24 heavy (non-hydrogen) atoms. The van der Waals surface area contributed by atoms with Gasteiger partial charge in [-0.3, -0.25) is 4.72 Å². The van der Waals surface area contributed by atoms with Crippen LogP contribution in [0.2, 0.25) is 0 Å². The lowest BCUT2D eigenvalue weighted by Gasteiger charge is -2.14. The highest BCUT2D eigenvalue weighted by molar-refractivity contribution is 7.92. The smallest absolute Gasteiger partial charge is 0.233 e. The number of tetrazole rings is 1. The van der Waals surface area contributed by atoms with E-state index in [1.807, 2.05) is 37.3 Å².